The highest BCUT2D eigenvalue weighted by atomic mass is 16.5. The summed E-state index contributed by atoms with van der Waals surface area (Å²) < 4.78 is 11.2. The third-order valence-corrected chi connectivity index (χ3v) is 3.46. The van der Waals surface area contributed by atoms with E-state index in [1.807, 2.05) is 24.3 Å². The normalized spacial score (nSPS) is 11.1. The number of fused-ring (bicyclic) bond motifs is 1. The van der Waals surface area contributed by atoms with Crippen molar-refractivity contribution in [2.75, 3.05) is 7.11 Å². The summed E-state index contributed by atoms with van der Waals surface area (Å²) in [4.78, 5) is 0. The van der Waals surface area contributed by atoms with Crippen molar-refractivity contribution in [3.8, 4) is 11.1 Å². The Hall–Kier alpha value is -2.10. The van der Waals surface area contributed by atoms with Crippen LogP contribution in [0, 0.1) is 0 Å². The zero-order valence-electron chi connectivity index (χ0n) is 11.4. The molecule has 0 aliphatic rings. The molecule has 3 heteroatoms. The first-order chi connectivity index (χ1) is 9.85. The van der Waals surface area contributed by atoms with Crippen LogP contribution in [0.4, 0.5) is 0 Å². The lowest BCUT2D eigenvalue weighted by atomic mass is 10.0. The molecule has 3 aromatic rings. The third-order valence-electron chi connectivity index (χ3n) is 3.46. The van der Waals surface area contributed by atoms with Gasteiger partial charge in [-0.05, 0) is 5.56 Å². The lowest BCUT2D eigenvalue weighted by Gasteiger charge is -2.02. The maximum Gasteiger partial charge on any atom is 0.142 e. The highest BCUT2D eigenvalue weighted by Gasteiger charge is 2.16. The SMILES string of the molecule is COCc1c(CN)oc2c(-c3ccccc3)cccc12. The molecule has 0 unspecified atom stereocenters. The smallest absolute Gasteiger partial charge is 0.142 e. The highest BCUT2D eigenvalue weighted by molar-refractivity contribution is 5.95. The molecule has 0 spiro atoms. The number of para-hydroxylation sites is 1. The van der Waals surface area contributed by atoms with Crippen molar-refractivity contribution in [1.82, 2.24) is 0 Å². The molecule has 0 fully saturated rings. The van der Waals surface area contributed by atoms with E-state index in [9.17, 15) is 0 Å². The van der Waals surface area contributed by atoms with Gasteiger partial charge >= 0.3 is 0 Å². The average molecular weight is 267 g/mol. The molecule has 102 valence electrons. The van der Waals surface area contributed by atoms with Gasteiger partial charge in [0.2, 0.25) is 0 Å². The number of furan rings is 1. The number of benzene rings is 2. The van der Waals surface area contributed by atoms with Gasteiger partial charge in [0.25, 0.3) is 0 Å². The van der Waals surface area contributed by atoms with E-state index >= 15 is 0 Å². The molecule has 3 rings (SSSR count). The monoisotopic (exact) mass is 267 g/mol. The van der Waals surface area contributed by atoms with E-state index in [0.717, 1.165) is 33.4 Å². The Morgan fingerprint density at radius 3 is 2.55 bits per heavy atom. The molecule has 3 nitrogen and oxygen atoms in total. The third kappa shape index (κ3) is 2.11. The van der Waals surface area contributed by atoms with E-state index in [4.69, 9.17) is 14.9 Å². The number of methoxy groups -OCH3 is 1. The van der Waals surface area contributed by atoms with Crippen LogP contribution in [-0.2, 0) is 17.9 Å². The zero-order valence-corrected chi connectivity index (χ0v) is 11.4. The Morgan fingerprint density at radius 1 is 1.05 bits per heavy atom. The largest absolute Gasteiger partial charge is 0.459 e. The molecule has 1 aromatic heterocycles. The zero-order chi connectivity index (χ0) is 13.9. The van der Waals surface area contributed by atoms with Gasteiger partial charge in [-0.1, -0.05) is 48.5 Å². The van der Waals surface area contributed by atoms with Crippen molar-refractivity contribution < 1.29 is 9.15 Å². The predicted molar refractivity (Wildman–Crippen MR) is 80.3 cm³/mol. The van der Waals surface area contributed by atoms with Gasteiger partial charge in [-0.25, -0.2) is 0 Å². The second-order valence-corrected chi connectivity index (χ2v) is 4.69. The Labute approximate surface area is 118 Å². The van der Waals surface area contributed by atoms with E-state index in [0.29, 0.717) is 13.2 Å². The molecule has 0 aliphatic heterocycles. The van der Waals surface area contributed by atoms with Crippen LogP contribution < -0.4 is 5.73 Å². The summed E-state index contributed by atoms with van der Waals surface area (Å²) in [5, 5.41) is 1.08. The Kier molecular flexibility index (Phi) is 3.54. The van der Waals surface area contributed by atoms with Crippen LogP contribution >= 0.6 is 0 Å². The Bertz CT molecular complexity index is 716. The van der Waals surface area contributed by atoms with Gasteiger partial charge in [-0.3, -0.25) is 0 Å². The molecular weight excluding hydrogens is 250 g/mol. The van der Waals surface area contributed by atoms with Gasteiger partial charge in [-0.15, -0.1) is 0 Å². The fourth-order valence-electron chi connectivity index (χ4n) is 2.53. The van der Waals surface area contributed by atoms with Crippen LogP contribution in [-0.4, -0.2) is 7.11 Å². The maximum atomic E-state index is 5.98. The van der Waals surface area contributed by atoms with Crippen LogP contribution in [0.3, 0.4) is 0 Å². The molecule has 0 saturated carbocycles. The molecule has 0 aliphatic carbocycles. The lowest BCUT2D eigenvalue weighted by Crippen LogP contribution is -1.99. The molecule has 0 saturated heterocycles. The number of hydrogen-bond acceptors (Lipinski definition) is 3. The first-order valence-electron chi connectivity index (χ1n) is 6.63. The number of hydrogen-bond donors (Lipinski definition) is 1. The molecule has 2 N–H and O–H groups in total. The highest BCUT2D eigenvalue weighted by Crippen LogP contribution is 2.34. The number of nitrogens with two attached hydrogens (primary N) is 1. The number of rotatable bonds is 4. The summed E-state index contributed by atoms with van der Waals surface area (Å²) in [5.41, 5.74) is 9.93. The van der Waals surface area contributed by atoms with E-state index in [1.165, 1.54) is 0 Å². The van der Waals surface area contributed by atoms with Crippen LogP contribution in [0.25, 0.3) is 22.1 Å². The van der Waals surface area contributed by atoms with E-state index < -0.39 is 0 Å². The molecule has 1 heterocycles. The van der Waals surface area contributed by atoms with Crippen LogP contribution in [0.2, 0.25) is 0 Å². The van der Waals surface area contributed by atoms with Crippen molar-refractivity contribution in [2.45, 2.75) is 13.2 Å². The molecule has 2 aromatic carbocycles. The topological polar surface area (TPSA) is 48.4 Å². The lowest BCUT2D eigenvalue weighted by molar-refractivity contribution is 0.184. The van der Waals surface area contributed by atoms with E-state index in [1.54, 1.807) is 7.11 Å². The minimum Gasteiger partial charge on any atom is -0.459 e. The van der Waals surface area contributed by atoms with Gasteiger partial charge in [0.05, 0.1) is 13.2 Å². The molecule has 0 radical (unpaired) electrons. The minimum absolute atomic E-state index is 0.377. The maximum absolute atomic E-state index is 5.98. The Balaban J connectivity index is 2.25. The van der Waals surface area contributed by atoms with Crippen LogP contribution in [0.5, 0.6) is 0 Å². The van der Waals surface area contributed by atoms with Crippen molar-refractivity contribution in [3.05, 3.63) is 59.9 Å². The van der Waals surface area contributed by atoms with E-state index in [-0.39, 0.29) is 0 Å². The van der Waals surface area contributed by atoms with Crippen LogP contribution in [0.15, 0.2) is 52.9 Å². The summed E-state index contributed by atoms with van der Waals surface area (Å²) in [6, 6.07) is 16.4. The van der Waals surface area contributed by atoms with Crippen molar-refractivity contribution in [2.24, 2.45) is 5.73 Å². The predicted octanol–water partition coefficient (Wildman–Crippen LogP) is 3.70. The van der Waals surface area contributed by atoms with Crippen molar-refractivity contribution >= 4 is 11.0 Å². The molecular formula is C17H17NO2. The van der Waals surface area contributed by atoms with Gasteiger partial charge in [0.15, 0.2) is 0 Å². The molecule has 20 heavy (non-hydrogen) atoms. The first kappa shape index (κ1) is 12.9. The quantitative estimate of drug-likeness (QED) is 0.784. The number of ether oxygens (including phenoxy) is 1. The van der Waals surface area contributed by atoms with Gasteiger partial charge < -0.3 is 14.9 Å². The summed E-state index contributed by atoms with van der Waals surface area (Å²) in [5.74, 6) is 0.797. The molecule has 0 atom stereocenters. The summed E-state index contributed by atoms with van der Waals surface area (Å²) >= 11 is 0. The molecule has 0 amide bonds. The second kappa shape index (κ2) is 5.49. The summed E-state index contributed by atoms with van der Waals surface area (Å²) in [6.07, 6.45) is 0. The fraction of sp³-hybridized carbons (Fsp3) is 0.176. The van der Waals surface area contributed by atoms with Crippen molar-refractivity contribution in [3.63, 3.8) is 0 Å². The summed E-state index contributed by atoms with van der Waals surface area (Å²) in [6.45, 7) is 0.888. The van der Waals surface area contributed by atoms with Crippen molar-refractivity contribution in [1.29, 1.82) is 0 Å². The standard InChI is InChI=1S/C17H17NO2/c1-19-11-15-14-9-5-8-13(12-6-3-2-4-7-12)17(14)20-16(15)10-18/h2-9H,10-11,18H2,1H3. The van der Waals surface area contributed by atoms with Gasteiger partial charge in [-0.2, -0.15) is 0 Å². The Morgan fingerprint density at radius 2 is 1.85 bits per heavy atom. The minimum atomic E-state index is 0.377. The fourth-order valence-corrected chi connectivity index (χ4v) is 2.53. The van der Waals surface area contributed by atoms with E-state index in [2.05, 4.69) is 24.3 Å². The second-order valence-electron chi connectivity index (χ2n) is 4.69. The van der Waals surface area contributed by atoms with Crippen LogP contribution in [0.1, 0.15) is 11.3 Å². The van der Waals surface area contributed by atoms with Gasteiger partial charge in [0, 0.05) is 23.6 Å². The first-order valence-corrected chi connectivity index (χ1v) is 6.63. The molecule has 0 bridgehead atoms. The average Bonchev–Trinajstić information content (AvgIpc) is 2.86. The summed E-state index contributed by atoms with van der Waals surface area (Å²) in [7, 11) is 1.68. The van der Waals surface area contributed by atoms with Gasteiger partial charge in [0.1, 0.15) is 11.3 Å².